The molecule has 2 rings (SSSR count). The maximum Gasteiger partial charge on any atom is 0.0848 e. The predicted molar refractivity (Wildman–Crippen MR) is 85.2 cm³/mol. The number of benzene rings is 1. The second-order valence-corrected chi connectivity index (χ2v) is 6.11. The number of halogens is 2. The first-order valence-corrected chi connectivity index (χ1v) is 7.77. The SMILES string of the molecule is CCn1nc(C)c(Br)c1CC(O)c1cc(Cl)ccc1C. The summed E-state index contributed by atoms with van der Waals surface area (Å²) in [6.07, 6.45) is -0.0809. The van der Waals surface area contributed by atoms with Crippen LogP contribution in [-0.2, 0) is 13.0 Å². The number of aryl methyl sites for hydroxylation is 3. The second-order valence-electron chi connectivity index (χ2n) is 4.88. The van der Waals surface area contributed by atoms with E-state index in [-0.39, 0.29) is 0 Å². The number of aliphatic hydroxyl groups excluding tert-OH is 1. The third kappa shape index (κ3) is 3.08. The zero-order valence-corrected chi connectivity index (χ0v) is 14.2. The highest BCUT2D eigenvalue weighted by molar-refractivity contribution is 9.10. The fourth-order valence-electron chi connectivity index (χ4n) is 2.33. The Morgan fingerprint density at radius 1 is 1.40 bits per heavy atom. The van der Waals surface area contributed by atoms with E-state index in [9.17, 15) is 5.11 Å². The molecule has 1 aromatic carbocycles. The van der Waals surface area contributed by atoms with Crippen molar-refractivity contribution >= 4 is 27.5 Å². The molecule has 0 bridgehead atoms. The van der Waals surface area contributed by atoms with Gasteiger partial charge in [0.25, 0.3) is 0 Å². The van der Waals surface area contributed by atoms with Crippen LogP contribution in [-0.4, -0.2) is 14.9 Å². The second kappa shape index (κ2) is 6.29. The van der Waals surface area contributed by atoms with Crippen molar-refractivity contribution in [2.75, 3.05) is 0 Å². The van der Waals surface area contributed by atoms with Crippen LogP contribution in [0.4, 0.5) is 0 Å². The highest BCUT2D eigenvalue weighted by Gasteiger charge is 2.18. The van der Waals surface area contributed by atoms with E-state index < -0.39 is 6.10 Å². The number of hydrogen-bond donors (Lipinski definition) is 1. The summed E-state index contributed by atoms with van der Waals surface area (Å²) >= 11 is 9.58. The first-order valence-electron chi connectivity index (χ1n) is 6.60. The van der Waals surface area contributed by atoms with E-state index in [0.717, 1.165) is 33.5 Å². The van der Waals surface area contributed by atoms with Crippen molar-refractivity contribution in [1.82, 2.24) is 9.78 Å². The van der Waals surface area contributed by atoms with Crippen molar-refractivity contribution in [2.45, 2.75) is 39.8 Å². The van der Waals surface area contributed by atoms with Crippen LogP contribution in [0.2, 0.25) is 5.02 Å². The van der Waals surface area contributed by atoms with Crippen LogP contribution in [0.5, 0.6) is 0 Å². The van der Waals surface area contributed by atoms with E-state index in [1.165, 1.54) is 0 Å². The van der Waals surface area contributed by atoms with Gasteiger partial charge in [0.1, 0.15) is 0 Å². The van der Waals surface area contributed by atoms with Gasteiger partial charge in [0, 0.05) is 18.0 Å². The lowest BCUT2D eigenvalue weighted by Gasteiger charge is -2.15. The van der Waals surface area contributed by atoms with Crippen LogP contribution >= 0.6 is 27.5 Å². The molecule has 108 valence electrons. The first kappa shape index (κ1) is 15.5. The topological polar surface area (TPSA) is 38.0 Å². The Morgan fingerprint density at radius 3 is 2.75 bits per heavy atom. The third-order valence-corrected chi connectivity index (χ3v) is 4.71. The van der Waals surface area contributed by atoms with Gasteiger partial charge in [-0.05, 0) is 60.0 Å². The Kier molecular flexibility index (Phi) is 4.89. The molecule has 20 heavy (non-hydrogen) atoms. The zero-order chi connectivity index (χ0) is 14.9. The molecule has 0 fully saturated rings. The highest BCUT2D eigenvalue weighted by atomic mass is 79.9. The van der Waals surface area contributed by atoms with E-state index >= 15 is 0 Å². The van der Waals surface area contributed by atoms with Crippen LogP contribution in [0, 0.1) is 13.8 Å². The fraction of sp³-hybridized carbons (Fsp3) is 0.400. The van der Waals surface area contributed by atoms with Gasteiger partial charge >= 0.3 is 0 Å². The molecule has 2 aromatic rings. The summed E-state index contributed by atoms with van der Waals surface area (Å²) < 4.78 is 2.89. The van der Waals surface area contributed by atoms with Crippen LogP contribution in [0.25, 0.3) is 0 Å². The standard InChI is InChI=1S/C15H18BrClN2O/c1-4-19-13(15(16)10(3)18-19)8-14(20)12-7-11(17)6-5-9(12)2/h5-7,14,20H,4,8H2,1-3H3. The monoisotopic (exact) mass is 356 g/mol. The maximum atomic E-state index is 10.5. The summed E-state index contributed by atoms with van der Waals surface area (Å²) in [5, 5.41) is 15.6. The molecule has 0 saturated carbocycles. The molecule has 0 aliphatic carbocycles. The van der Waals surface area contributed by atoms with Gasteiger partial charge in [-0.25, -0.2) is 0 Å². The maximum absolute atomic E-state index is 10.5. The van der Waals surface area contributed by atoms with Crippen molar-refractivity contribution in [3.8, 4) is 0 Å². The van der Waals surface area contributed by atoms with Crippen LogP contribution < -0.4 is 0 Å². The van der Waals surface area contributed by atoms with Gasteiger partial charge in [-0.15, -0.1) is 0 Å². The van der Waals surface area contributed by atoms with Crippen molar-refractivity contribution in [1.29, 1.82) is 0 Å². The smallest absolute Gasteiger partial charge is 0.0848 e. The molecular formula is C15H18BrClN2O. The summed E-state index contributed by atoms with van der Waals surface area (Å²) in [6, 6.07) is 5.59. The lowest BCUT2D eigenvalue weighted by atomic mass is 10.00. The summed E-state index contributed by atoms with van der Waals surface area (Å²) in [5.74, 6) is 0. The Labute approximate surface area is 132 Å². The Hall–Kier alpha value is -0.840. The lowest BCUT2D eigenvalue weighted by molar-refractivity contribution is 0.174. The molecule has 0 radical (unpaired) electrons. The first-order chi connectivity index (χ1) is 9.43. The normalized spacial score (nSPS) is 12.7. The number of nitrogens with zero attached hydrogens (tertiary/aromatic N) is 2. The molecular weight excluding hydrogens is 340 g/mol. The van der Waals surface area contributed by atoms with E-state index in [1.807, 2.05) is 43.7 Å². The fourth-order valence-corrected chi connectivity index (χ4v) is 2.95. The van der Waals surface area contributed by atoms with Gasteiger partial charge in [-0.2, -0.15) is 5.10 Å². The largest absolute Gasteiger partial charge is 0.388 e. The van der Waals surface area contributed by atoms with Gasteiger partial charge in [0.15, 0.2) is 0 Å². The average Bonchev–Trinajstić information content (AvgIpc) is 2.69. The molecule has 1 unspecified atom stereocenters. The van der Waals surface area contributed by atoms with Crippen molar-refractivity contribution in [2.24, 2.45) is 0 Å². The molecule has 0 amide bonds. The highest BCUT2D eigenvalue weighted by Crippen LogP contribution is 2.29. The molecule has 1 atom stereocenters. The van der Waals surface area contributed by atoms with E-state index in [2.05, 4.69) is 21.0 Å². The number of rotatable bonds is 4. The molecule has 5 heteroatoms. The molecule has 0 aliphatic rings. The Morgan fingerprint density at radius 2 is 2.10 bits per heavy atom. The molecule has 0 aliphatic heterocycles. The molecule has 1 aromatic heterocycles. The Bertz CT molecular complexity index is 625. The number of aromatic nitrogens is 2. The van der Waals surface area contributed by atoms with Crippen LogP contribution in [0.1, 0.15) is 35.5 Å². The zero-order valence-electron chi connectivity index (χ0n) is 11.8. The van der Waals surface area contributed by atoms with E-state index in [4.69, 9.17) is 11.6 Å². The van der Waals surface area contributed by atoms with Gasteiger partial charge in [0.2, 0.25) is 0 Å². The lowest BCUT2D eigenvalue weighted by Crippen LogP contribution is -2.10. The van der Waals surface area contributed by atoms with E-state index in [0.29, 0.717) is 11.4 Å². The summed E-state index contributed by atoms with van der Waals surface area (Å²) in [5.41, 5.74) is 3.86. The quantitative estimate of drug-likeness (QED) is 0.890. The minimum atomic E-state index is -0.591. The minimum Gasteiger partial charge on any atom is -0.388 e. The molecule has 0 saturated heterocycles. The molecule has 1 heterocycles. The van der Waals surface area contributed by atoms with Crippen LogP contribution in [0.3, 0.4) is 0 Å². The predicted octanol–water partition coefficient (Wildman–Crippen LogP) is 4.21. The average molecular weight is 358 g/mol. The van der Waals surface area contributed by atoms with E-state index in [1.54, 1.807) is 0 Å². The van der Waals surface area contributed by atoms with Crippen LogP contribution in [0.15, 0.2) is 22.7 Å². The summed E-state index contributed by atoms with van der Waals surface area (Å²) in [7, 11) is 0. The minimum absolute atomic E-state index is 0.510. The molecule has 1 N–H and O–H groups in total. The van der Waals surface area contributed by atoms with Crippen molar-refractivity contribution in [3.05, 3.63) is 50.2 Å². The van der Waals surface area contributed by atoms with Crippen molar-refractivity contribution in [3.63, 3.8) is 0 Å². The number of aliphatic hydroxyl groups is 1. The van der Waals surface area contributed by atoms with Gasteiger partial charge < -0.3 is 5.11 Å². The molecule has 3 nitrogen and oxygen atoms in total. The van der Waals surface area contributed by atoms with Gasteiger partial charge in [-0.3, -0.25) is 4.68 Å². The summed E-state index contributed by atoms with van der Waals surface area (Å²) in [6.45, 7) is 6.76. The third-order valence-electron chi connectivity index (χ3n) is 3.44. The number of hydrogen-bond acceptors (Lipinski definition) is 2. The molecule has 0 spiro atoms. The van der Waals surface area contributed by atoms with Gasteiger partial charge in [0.05, 0.1) is 22.0 Å². The summed E-state index contributed by atoms with van der Waals surface area (Å²) in [4.78, 5) is 0. The Balaban J connectivity index is 2.32. The van der Waals surface area contributed by atoms with Crippen molar-refractivity contribution < 1.29 is 5.11 Å². The van der Waals surface area contributed by atoms with Gasteiger partial charge in [-0.1, -0.05) is 17.7 Å².